The van der Waals surface area contributed by atoms with Gasteiger partial charge in [-0.1, -0.05) is 6.07 Å². The van der Waals surface area contributed by atoms with Crippen molar-refractivity contribution in [2.45, 2.75) is 11.8 Å². The first-order valence-corrected chi connectivity index (χ1v) is 4.74. The van der Waals surface area contributed by atoms with E-state index in [2.05, 4.69) is 0 Å². The highest BCUT2D eigenvalue weighted by Crippen LogP contribution is 2.19. The van der Waals surface area contributed by atoms with Gasteiger partial charge in [-0.3, -0.25) is 4.79 Å². The molecule has 1 aromatic carbocycles. The van der Waals surface area contributed by atoms with Gasteiger partial charge in [0.2, 0.25) is 5.91 Å². The standard InChI is InChI=1S/C10H11ClFNO2/c1-15-9-5-6(2-3-8(9)12)4-7(11)10(13)14/h2-3,5,7H,4H2,1H3,(H2,13,14). The molecule has 3 nitrogen and oxygen atoms in total. The minimum Gasteiger partial charge on any atom is -0.494 e. The molecule has 1 amide bonds. The smallest absolute Gasteiger partial charge is 0.235 e. The molecule has 82 valence electrons. The summed E-state index contributed by atoms with van der Waals surface area (Å²) in [5.74, 6) is -0.924. The number of alkyl halides is 1. The Balaban J connectivity index is 2.83. The van der Waals surface area contributed by atoms with Crippen LogP contribution in [0.5, 0.6) is 5.75 Å². The summed E-state index contributed by atoms with van der Waals surface area (Å²) in [6.45, 7) is 0. The topological polar surface area (TPSA) is 52.3 Å². The fourth-order valence-corrected chi connectivity index (χ4v) is 1.32. The molecule has 2 N–H and O–H groups in total. The molecule has 0 aliphatic heterocycles. The van der Waals surface area contributed by atoms with Crippen LogP contribution in [0, 0.1) is 5.82 Å². The highest BCUT2D eigenvalue weighted by molar-refractivity contribution is 6.30. The molecular formula is C10H11ClFNO2. The fourth-order valence-electron chi connectivity index (χ4n) is 1.14. The van der Waals surface area contributed by atoms with Gasteiger partial charge in [0, 0.05) is 0 Å². The molecule has 1 aromatic rings. The van der Waals surface area contributed by atoms with Crippen LogP contribution in [0.15, 0.2) is 18.2 Å². The molecule has 0 heterocycles. The Labute approximate surface area is 92.0 Å². The molecule has 0 aliphatic carbocycles. The van der Waals surface area contributed by atoms with Crippen molar-refractivity contribution < 1.29 is 13.9 Å². The molecule has 0 fully saturated rings. The molecule has 0 aromatic heterocycles. The maximum atomic E-state index is 13.0. The third kappa shape index (κ3) is 3.09. The number of nitrogens with two attached hydrogens (primary N) is 1. The summed E-state index contributed by atoms with van der Waals surface area (Å²) in [4.78, 5) is 10.7. The Morgan fingerprint density at radius 3 is 2.87 bits per heavy atom. The average molecular weight is 232 g/mol. The summed E-state index contributed by atoms with van der Waals surface area (Å²) in [5, 5.41) is -0.792. The Hall–Kier alpha value is -1.29. The van der Waals surface area contributed by atoms with Gasteiger partial charge >= 0.3 is 0 Å². The first-order valence-electron chi connectivity index (χ1n) is 4.30. The minimum atomic E-state index is -0.792. The second-order valence-corrected chi connectivity index (χ2v) is 3.57. The summed E-state index contributed by atoms with van der Waals surface area (Å²) >= 11 is 5.68. The summed E-state index contributed by atoms with van der Waals surface area (Å²) in [6.07, 6.45) is 0.257. The lowest BCUT2D eigenvalue weighted by molar-refractivity contribution is -0.117. The van der Waals surface area contributed by atoms with E-state index in [1.807, 2.05) is 0 Å². The monoisotopic (exact) mass is 231 g/mol. The Kier molecular flexibility index (Phi) is 3.91. The quantitative estimate of drug-likeness (QED) is 0.798. The number of carbonyl (C=O) groups excluding carboxylic acids is 1. The number of ether oxygens (including phenoxy) is 1. The number of hydrogen-bond donors (Lipinski definition) is 1. The van der Waals surface area contributed by atoms with E-state index in [0.29, 0.717) is 5.56 Å². The molecule has 15 heavy (non-hydrogen) atoms. The van der Waals surface area contributed by atoms with Crippen LogP contribution in [0.3, 0.4) is 0 Å². The summed E-state index contributed by atoms with van der Waals surface area (Å²) < 4.78 is 17.8. The van der Waals surface area contributed by atoms with Crippen molar-refractivity contribution in [1.29, 1.82) is 0 Å². The highest BCUT2D eigenvalue weighted by Gasteiger charge is 2.13. The van der Waals surface area contributed by atoms with Crippen molar-refractivity contribution >= 4 is 17.5 Å². The fraction of sp³-hybridized carbons (Fsp3) is 0.300. The first kappa shape index (κ1) is 11.8. The molecule has 0 spiro atoms. The number of methoxy groups -OCH3 is 1. The highest BCUT2D eigenvalue weighted by atomic mass is 35.5. The second-order valence-electron chi connectivity index (χ2n) is 3.04. The van der Waals surface area contributed by atoms with Gasteiger partial charge in [-0.05, 0) is 24.1 Å². The Bertz CT molecular complexity index is 370. The molecule has 1 atom stereocenters. The minimum absolute atomic E-state index is 0.126. The molecule has 0 radical (unpaired) electrons. The molecule has 0 saturated carbocycles. The van der Waals surface area contributed by atoms with Crippen LogP contribution in [-0.2, 0) is 11.2 Å². The summed E-state index contributed by atoms with van der Waals surface area (Å²) in [5.41, 5.74) is 5.71. The second kappa shape index (κ2) is 4.98. The van der Waals surface area contributed by atoms with Crippen LogP contribution in [-0.4, -0.2) is 18.4 Å². The van der Waals surface area contributed by atoms with Gasteiger partial charge in [0.05, 0.1) is 7.11 Å². The maximum Gasteiger partial charge on any atom is 0.235 e. The third-order valence-corrected chi connectivity index (χ3v) is 2.31. The van der Waals surface area contributed by atoms with E-state index in [1.54, 1.807) is 0 Å². The van der Waals surface area contributed by atoms with Crippen LogP contribution in [0.1, 0.15) is 5.56 Å². The first-order chi connectivity index (χ1) is 7.04. The number of amides is 1. The summed E-state index contributed by atoms with van der Waals surface area (Å²) in [7, 11) is 1.37. The molecule has 5 heteroatoms. The SMILES string of the molecule is COc1cc(CC(Cl)C(N)=O)ccc1F. The number of rotatable bonds is 4. The van der Waals surface area contributed by atoms with E-state index in [-0.39, 0.29) is 12.2 Å². The molecule has 1 rings (SSSR count). The predicted octanol–water partition coefficient (Wildman–Crippen LogP) is 1.47. The van der Waals surface area contributed by atoms with Crippen molar-refractivity contribution in [3.63, 3.8) is 0 Å². The van der Waals surface area contributed by atoms with Gasteiger partial charge in [-0.2, -0.15) is 0 Å². The third-order valence-electron chi connectivity index (χ3n) is 1.94. The lowest BCUT2D eigenvalue weighted by Gasteiger charge is -2.07. The van der Waals surface area contributed by atoms with Crippen LogP contribution in [0.4, 0.5) is 4.39 Å². The van der Waals surface area contributed by atoms with Crippen LogP contribution in [0.2, 0.25) is 0 Å². The van der Waals surface area contributed by atoms with Gasteiger partial charge in [-0.15, -0.1) is 11.6 Å². The van der Waals surface area contributed by atoms with Crippen LogP contribution < -0.4 is 10.5 Å². The van der Waals surface area contributed by atoms with Crippen molar-refractivity contribution in [3.05, 3.63) is 29.6 Å². The molecule has 0 bridgehead atoms. The maximum absolute atomic E-state index is 13.0. The zero-order valence-electron chi connectivity index (χ0n) is 8.17. The molecule has 0 aliphatic rings. The zero-order chi connectivity index (χ0) is 11.4. The van der Waals surface area contributed by atoms with E-state index in [0.717, 1.165) is 0 Å². The van der Waals surface area contributed by atoms with E-state index in [1.165, 1.54) is 25.3 Å². The van der Waals surface area contributed by atoms with Crippen LogP contribution >= 0.6 is 11.6 Å². The molecule has 0 saturated heterocycles. The normalized spacial score (nSPS) is 12.2. The Morgan fingerprint density at radius 2 is 2.33 bits per heavy atom. The molecular weight excluding hydrogens is 221 g/mol. The number of primary amides is 1. The lowest BCUT2D eigenvalue weighted by Crippen LogP contribution is -2.25. The lowest BCUT2D eigenvalue weighted by atomic mass is 10.1. The Morgan fingerprint density at radius 1 is 1.67 bits per heavy atom. The number of halogens is 2. The summed E-state index contributed by atoms with van der Waals surface area (Å²) in [6, 6.07) is 4.29. The number of carbonyl (C=O) groups is 1. The van der Waals surface area contributed by atoms with E-state index < -0.39 is 17.1 Å². The predicted molar refractivity (Wildman–Crippen MR) is 55.5 cm³/mol. The van der Waals surface area contributed by atoms with E-state index in [4.69, 9.17) is 22.1 Å². The van der Waals surface area contributed by atoms with Gasteiger partial charge in [-0.25, -0.2) is 4.39 Å². The largest absolute Gasteiger partial charge is 0.494 e. The van der Waals surface area contributed by atoms with Gasteiger partial charge in [0.1, 0.15) is 5.38 Å². The van der Waals surface area contributed by atoms with E-state index in [9.17, 15) is 9.18 Å². The molecule has 1 unspecified atom stereocenters. The van der Waals surface area contributed by atoms with Gasteiger partial charge < -0.3 is 10.5 Å². The van der Waals surface area contributed by atoms with Crippen LogP contribution in [0.25, 0.3) is 0 Å². The van der Waals surface area contributed by atoms with Crippen molar-refractivity contribution in [2.24, 2.45) is 5.73 Å². The van der Waals surface area contributed by atoms with Crippen molar-refractivity contribution in [2.75, 3.05) is 7.11 Å². The zero-order valence-corrected chi connectivity index (χ0v) is 8.92. The van der Waals surface area contributed by atoms with Gasteiger partial charge in [0.25, 0.3) is 0 Å². The number of benzene rings is 1. The van der Waals surface area contributed by atoms with Gasteiger partial charge in [0.15, 0.2) is 11.6 Å². The van der Waals surface area contributed by atoms with Crippen molar-refractivity contribution in [3.8, 4) is 5.75 Å². The number of hydrogen-bond acceptors (Lipinski definition) is 2. The average Bonchev–Trinajstić information content (AvgIpc) is 2.20. The van der Waals surface area contributed by atoms with E-state index >= 15 is 0 Å². The van der Waals surface area contributed by atoms with Crippen molar-refractivity contribution in [1.82, 2.24) is 0 Å².